The van der Waals surface area contributed by atoms with Gasteiger partial charge < -0.3 is 4.90 Å². The van der Waals surface area contributed by atoms with E-state index in [4.69, 9.17) is 11.6 Å². The number of hydrogen-bond donors (Lipinski definition) is 1. The van der Waals surface area contributed by atoms with Crippen molar-refractivity contribution in [1.82, 2.24) is 4.90 Å². The Morgan fingerprint density at radius 1 is 1.13 bits per heavy atom. The highest BCUT2D eigenvalue weighted by molar-refractivity contribution is 7.92. The molecular formula is C16H17ClN2O3S. The molecule has 0 bridgehead atoms. The second-order valence-corrected chi connectivity index (χ2v) is 7.38. The Kier molecular flexibility index (Phi) is 4.97. The number of aryl methyl sites for hydroxylation is 1. The predicted octanol–water partition coefficient (Wildman–Crippen LogP) is 3.15. The van der Waals surface area contributed by atoms with E-state index in [9.17, 15) is 13.2 Å². The van der Waals surface area contributed by atoms with Gasteiger partial charge in [0.2, 0.25) is 0 Å². The van der Waals surface area contributed by atoms with Crippen LogP contribution < -0.4 is 4.72 Å². The van der Waals surface area contributed by atoms with E-state index in [1.165, 1.54) is 23.1 Å². The number of anilines is 1. The molecule has 0 fully saturated rings. The quantitative estimate of drug-likeness (QED) is 0.919. The average molecular weight is 353 g/mol. The highest BCUT2D eigenvalue weighted by atomic mass is 35.5. The van der Waals surface area contributed by atoms with Crippen LogP contribution in [0, 0.1) is 6.92 Å². The number of nitrogens with zero attached hydrogens (tertiary/aromatic N) is 1. The van der Waals surface area contributed by atoms with E-state index in [2.05, 4.69) is 4.72 Å². The van der Waals surface area contributed by atoms with Crippen molar-refractivity contribution < 1.29 is 13.2 Å². The summed E-state index contributed by atoms with van der Waals surface area (Å²) in [4.78, 5) is 13.2. The first-order chi connectivity index (χ1) is 10.7. The SMILES string of the molecule is Cc1cccc(NS(=O)(=O)c2cc(C(=O)N(C)C)ccc2Cl)c1. The number of carbonyl (C=O) groups excluding carboxylic acids is 1. The zero-order valence-electron chi connectivity index (χ0n) is 13.0. The topological polar surface area (TPSA) is 66.5 Å². The van der Waals surface area contributed by atoms with Crippen molar-refractivity contribution in [3.63, 3.8) is 0 Å². The van der Waals surface area contributed by atoms with E-state index in [-0.39, 0.29) is 21.4 Å². The largest absolute Gasteiger partial charge is 0.345 e. The Hall–Kier alpha value is -2.05. The number of nitrogens with one attached hydrogen (secondary N) is 1. The maximum absolute atomic E-state index is 12.6. The fourth-order valence-electron chi connectivity index (χ4n) is 2.02. The number of rotatable bonds is 4. The van der Waals surface area contributed by atoms with Crippen LogP contribution in [-0.2, 0) is 10.0 Å². The van der Waals surface area contributed by atoms with Gasteiger partial charge in [0.1, 0.15) is 4.90 Å². The first-order valence-corrected chi connectivity index (χ1v) is 8.67. The van der Waals surface area contributed by atoms with E-state index in [0.29, 0.717) is 5.69 Å². The maximum atomic E-state index is 12.6. The van der Waals surface area contributed by atoms with Crippen LogP contribution in [0.2, 0.25) is 5.02 Å². The van der Waals surface area contributed by atoms with Crippen LogP contribution in [-0.4, -0.2) is 33.3 Å². The Labute approximate surface area is 140 Å². The lowest BCUT2D eigenvalue weighted by Gasteiger charge is -2.13. The maximum Gasteiger partial charge on any atom is 0.263 e. The molecule has 2 aromatic carbocycles. The molecule has 0 aromatic heterocycles. The normalized spacial score (nSPS) is 11.1. The summed E-state index contributed by atoms with van der Waals surface area (Å²) >= 11 is 6.02. The van der Waals surface area contributed by atoms with Gasteiger partial charge in [-0.15, -0.1) is 0 Å². The summed E-state index contributed by atoms with van der Waals surface area (Å²) in [7, 11) is -0.708. The minimum atomic E-state index is -3.90. The second kappa shape index (κ2) is 6.60. The summed E-state index contributed by atoms with van der Waals surface area (Å²) < 4.78 is 27.6. The summed E-state index contributed by atoms with van der Waals surface area (Å²) in [6, 6.07) is 11.2. The summed E-state index contributed by atoms with van der Waals surface area (Å²) in [5, 5.41) is 0.0560. The number of sulfonamides is 1. The first-order valence-electron chi connectivity index (χ1n) is 6.81. The van der Waals surface area contributed by atoms with Gasteiger partial charge in [0.25, 0.3) is 15.9 Å². The molecular weight excluding hydrogens is 336 g/mol. The lowest BCUT2D eigenvalue weighted by Crippen LogP contribution is -2.22. The van der Waals surface area contributed by atoms with E-state index in [1.54, 1.807) is 32.3 Å². The number of halogens is 1. The van der Waals surface area contributed by atoms with Crippen LogP contribution in [0.15, 0.2) is 47.4 Å². The summed E-state index contributed by atoms with van der Waals surface area (Å²) in [5.74, 6) is -0.298. The van der Waals surface area contributed by atoms with Gasteiger partial charge in [-0.3, -0.25) is 9.52 Å². The molecule has 0 saturated carbocycles. The number of amides is 1. The molecule has 23 heavy (non-hydrogen) atoms. The highest BCUT2D eigenvalue weighted by Crippen LogP contribution is 2.25. The van der Waals surface area contributed by atoms with Crippen molar-refractivity contribution in [3.8, 4) is 0 Å². The van der Waals surface area contributed by atoms with Crippen LogP contribution in [0.25, 0.3) is 0 Å². The van der Waals surface area contributed by atoms with E-state index >= 15 is 0 Å². The monoisotopic (exact) mass is 352 g/mol. The van der Waals surface area contributed by atoms with E-state index in [0.717, 1.165) is 5.56 Å². The molecule has 122 valence electrons. The fourth-order valence-corrected chi connectivity index (χ4v) is 3.60. The molecule has 0 radical (unpaired) electrons. The molecule has 2 aromatic rings. The summed E-state index contributed by atoms with van der Waals surface area (Å²) in [6.45, 7) is 1.86. The molecule has 0 heterocycles. The molecule has 7 heteroatoms. The smallest absolute Gasteiger partial charge is 0.263 e. The molecule has 0 aliphatic carbocycles. The highest BCUT2D eigenvalue weighted by Gasteiger charge is 2.21. The predicted molar refractivity (Wildman–Crippen MR) is 91.5 cm³/mol. The third-order valence-corrected chi connectivity index (χ3v) is 5.01. The molecule has 5 nitrogen and oxygen atoms in total. The van der Waals surface area contributed by atoms with E-state index in [1.807, 2.05) is 13.0 Å². The molecule has 1 N–H and O–H groups in total. The Balaban J connectivity index is 2.43. The first kappa shape index (κ1) is 17.3. The van der Waals surface area contributed by atoms with Gasteiger partial charge in [0, 0.05) is 25.3 Å². The summed E-state index contributed by atoms with van der Waals surface area (Å²) in [6.07, 6.45) is 0. The molecule has 1 amide bonds. The van der Waals surface area contributed by atoms with Gasteiger partial charge >= 0.3 is 0 Å². The van der Waals surface area contributed by atoms with Crippen molar-refractivity contribution in [1.29, 1.82) is 0 Å². The van der Waals surface area contributed by atoms with Crippen molar-refractivity contribution in [2.24, 2.45) is 0 Å². The molecule has 0 aliphatic rings. The molecule has 2 rings (SSSR count). The number of hydrogen-bond acceptors (Lipinski definition) is 3. The van der Waals surface area contributed by atoms with Crippen molar-refractivity contribution >= 4 is 33.2 Å². The fraction of sp³-hybridized carbons (Fsp3) is 0.188. The standard InChI is InChI=1S/C16H17ClN2O3S/c1-11-5-4-6-13(9-11)18-23(21,22)15-10-12(7-8-14(15)17)16(20)19(2)3/h4-10,18H,1-3H3. The van der Waals surface area contributed by atoms with Crippen LogP contribution in [0.4, 0.5) is 5.69 Å². The zero-order chi connectivity index (χ0) is 17.2. The minimum absolute atomic E-state index is 0.0560. The van der Waals surface area contributed by atoms with Gasteiger partial charge in [-0.05, 0) is 42.8 Å². The average Bonchev–Trinajstić information content (AvgIpc) is 2.46. The van der Waals surface area contributed by atoms with Gasteiger partial charge in [-0.2, -0.15) is 0 Å². The third kappa shape index (κ3) is 4.03. The Bertz CT molecular complexity index is 848. The van der Waals surface area contributed by atoms with Gasteiger partial charge in [-0.1, -0.05) is 23.7 Å². The van der Waals surface area contributed by atoms with Crippen LogP contribution in [0.1, 0.15) is 15.9 Å². The van der Waals surface area contributed by atoms with Crippen LogP contribution >= 0.6 is 11.6 Å². The molecule has 0 unspecified atom stereocenters. The minimum Gasteiger partial charge on any atom is -0.345 e. The molecule has 0 aliphatic heterocycles. The molecule has 0 saturated heterocycles. The van der Waals surface area contributed by atoms with Crippen molar-refractivity contribution in [2.45, 2.75) is 11.8 Å². The molecule has 0 atom stereocenters. The van der Waals surface area contributed by atoms with Crippen LogP contribution in [0.5, 0.6) is 0 Å². The number of carbonyl (C=O) groups is 1. The zero-order valence-corrected chi connectivity index (χ0v) is 14.6. The lowest BCUT2D eigenvalue weighted by molar-refractivity contribution is 0.0827. The Morgan fingerprint density at radius 2 is 1.83 bits per heavy atom. The number of benzene rings is 2. The Morgan fingerprint density at radius 3 is 2.43 bits per heavy atom. The van der Waals surface area contributed by atoms with Crippen molar-refractivity contribution in [3.05, 3.63) is 58.6 Å². The van der Waals surface area contributed by atoms with Crippen molar-refractivity contribution in [2.75, 3.05) is 18.8 Å². The second-order valence-electron chi connectivity index (χ2n) is 5.32. The van der Waals surface area contributed by atoms with E-state index < -0.39 is 10.0 Å². The lowest BCUT2D eigenvalue weighted by atomic mass is 10.2. The summed E-state index contributed by atoms with van der Waals surface area (Å²) in [5.41, 5.74) is 1.61. The van der Waals surface area contributed by atoms with Gasteiger partial charge in [0.15, 0.2) is 0 Å². The molecule has 0 spiro atoms. The van der Waals surface area contributed by atoms with Gasteiger partial charge in [-0.25, -0.2) is 8.42 Å². The third-order valence-electron chi connectivity index (χ3n) is 3.14. The van der Waals surface area contributed by atoms with Gasteiger partial charge in [0.05, 0.1) is 5.02 Å². The van der Waals surface area contributed by atoms with Crippen LogP contribution in [0.3, 0.4) is 0 Å².